The lowest BCUT2D eigenvalue weighted by Gasteiger charge is -2.59. The Bertz CT molecular complexity index is 2020. The number of likely N-dealkylation sites (tertiary alicyclic amines) is 1. The fourth-order valence-electron chi connectivity index (χ4n) is 7.66. The number of ether oxygens (including phenoxy) is 2. The first-order chi connectivity index (χ1) is 25.1. The highest BCUT2D eigenvalue weighted by molar-refractivity contribution is 6.39. The minimum Gasteiger partial charge on any atom is -0.496 e. The van der Waals surface area contributed by atoms with Crippen LogP contribution in [-0.2, 0) is 22.7 Å². The number of nitrogens with zero attached hydrogens (tertiary/aromatic N) is 3. The number of aromatic nitrogens is 2. The van der Waals surface area contributed by atoms with Crippen molar-refractivity contribution in [3.8, 4) is 45.3 Å². The van der Waals surface area contributed by atoms with Gasteiger partial charge in [-0.15, -0.1) is 0 Å². The van der Waals surface area contributed by atoms with Gasteiger partial charge in [-0.2, -0.15) is 0 Å². The van der Waals surface area contributed by atoms with Crippen molar-refractivity contribution in [1.29, 1.82) is 0 Å². The number of benzene rings is 2. The van der Waals surface area contributed by atoms with Gasteiger partial charge in [0.2, 0.25) is 17.7 Å². The van der Waals surface area contributed by atoms with E-state index in [0.29, 0.717) is 86.9 Å². The predicted molar refractivity (Wildman–Crippen MR) is 199 cm³/mol. The quantitative estimate of drug-likeness (QED) is 0.152. The van der Waals surface area contributed by atoms with Gasteiger partial charge in [-0.25, -0.2) is 9.37 Å². The molecule has 52 heavy (non-hydrogen) atoms. The van der Waals surface area contributed by atoms with E-state index in [-0.39, 0.29) is 29.3 Å². The van der Waals surface area contributed by atoms with Crippen LogP contribution in [0, 0.1) is 11.2 Å². The highest BCUT2D eigenvalue weighted by Gasteiger charge is 2.52. The van der Waals surface area contributed by atoms with Crippen molar-refractivity contribution >= 4 is 35.0 Å². The predicted octanol–water partition coefficient (Wildman–Crippen LogP) is 6.41. The summed E-state index contributed by atoms with van der Waals surface area (Å²) in [6.45, 7) is 4.70. The second-order valence-electron chi connectivity index (χ2n) is 14.0. The summed E-state index contributed by atoms with van der Waals surface area (Å²) in [5.41, 5.74) is 5.00. The number of nitrogens with one attached hydrogen (secondary N) is 3. The molecule has 3 fully saturated rings. The molecule has 2 aliphatic heterocycles. The summed E-state index contributed by atoms with van der Waals surface area (Å²) < 4.78 is 27.0. The van der Waals surface area contributed by atoms with Gasteiger partial charge in [0, 0.05) is 103 Å². The van der Waals surface area contributed by atoms with Gasteiger partial charge in [0.15, 0.2) is 0 Å². The van der Waals surface area contributed by atoms with Crippen LogP contribution in [0.5, 0.6) is 11.6 Å². The molecule has 2 aromatic carbocycles. The monoisotopic (exact) mass is 746 g/mol. The Morgan fingerprint density at radius 1 is 1.04 bits per heavy atom. The lowest BCUT2D eigenvalue weighted by molar-refractivity contribution is -0.149. The molecule has 4 heterocycles. The molecular weight excluding hydrogens is 706 g/mol. The van der Waals surface area contributed by atoms with E-state index in [1.807, 2.05) is 35.2 Å². The van der Waals surface area contributed by atoms with Crippen LogP contribution in [0.4, 0.5) is 4.39 Å². The van der Waals surface area contributed by atoms with E-state index in [0.717, 1.165) is 37.9 Å². The number of rotatable bonds is 12. The number of hydrogen-bond donors (Lipinski definition) is 3. The number of halogens is 3. The molecule has 1 spiro atoms. The molecule has 1 saturated carbocycles. The molecule has 3 aliphatic rings. The molecule has 1 atom stereocenters. The van der Waals surface area contributed by atoms with Gasteiger partial charge in [0.05, 0.1) is 35.7 Å². The van der Waals surface area contributed by atoms with Crippen molar-refractivity contribution in [2.45, 2.75) is 57.8 Å². The maximum Gasteiger partial charge on any atom is 0.220 e. The summed E-state index contributed by atoms with van der Waals surface area (Å²) in [5.74, 6) is 0.646. The van der Waals surface area contributed by atoms with Crippen molar-refractivity contribution in [1.82, 2.24) is 30.8 Å². The molecule has 13 heteroatoms. The van der Waals surface area contributed by atoms with Gasteiger partial charge >= 0.3 is 0 Å². The molecule has 2 aromatic heterocycles. The fourth-order valence-corrected chi connectivity index (χ4v) is 8.30. The standard InChI is InChI=1S/C39H41Cl2FN6O4/c1-22(49)48-20-39(21-48)15-26(16-39)45-19-30-31(42)13-24(14-33(30)51-2)37-36(41)28(11-12-44-37)27-5-4-6-29(35(27)40)32-9-7-23(38(47-32)52-3)17-43-18-25-8-10-34(50)46-25/h4-7,9,11-14,25-26,43,45H,8,10,15-21H2,1-3H3,(H,46,50). The number of amides is 2. The molecule has 10 nitrogen and oxygen atoms in total. The van der Waals surface area contributed by atoms with E-state index in [2.05, 4.69) is 20.9 Å². The minimum atomic E-state index is -0.422. The first kappa shape index (κ1) is 36.1. The first-order valence-electron chi connectivity index (χ1n) is 17.4. The topological polar surface area (TPSA) is 118 Å². The lowest BCUT2D eigenvalue weighted by atomic mass is 9.60. The number of pyridine rings is 2. The fraction of sp³-hybridized carbons (Fsp3) is 0.385. The number of carbonyl (C=O) groups is 2. The van der Waals surface area contributed by atoms with Crippen molar-refractivity contribution in [2.24, 2.45) is 5.41 Å². The SMILES string of the molecule is COc1cc(-c2nccc(-c3cccc(-c4ccc(CNCC5CCC(=O)N5)c(OC)n4)c3Cl)c2Cl)cc(F)c1CNC1CC2(C1)CN(C(C)=O)C2. The van der Waals surface area contributed by atoms with Gasteiger partial charge in [-0.05, 0) is 43.5 Å². The lowest BCUT2D eigenvalue weighted by Crippen LogP contribution is -2.66. The minimum absolute atomic E-state index is 0.0854. The van der Waals surface area contributed by atoms with Gasteiger partial charge in [0.25, 0.3) is 0 Å². The number of hydrogen-bond acceptors (Lipinski definition) is 8. The maximum absolute atomic E-state index is 15.7. The third-order valence-corrected chi connectivity index (χ3v) is 11.2. The summed E-state index contributed by atoms with van der Waals surface area (Å²) in [7, 11) is 3.10. The van der Waals surface area contributed by atoms with E-state index in [9.17, 15) is 9.59 Å². The summed E-state index contributed by atoms with van der Waals surface area (Å²) in [5, 5.41) is 10.6. The summed E-state index contributed by atoms with van der Waals surface area (Å²) in [4.78, 5) is 34.3. The van der Waals surface area contributed by atoms with E-state index >= 15 is 4.39 Å². The molecule has 4 aromatic rings. The van der Waals surface area contributed by atoms with Crippen molar-refractivity contribution in [3.63, 3.8) is 0 Å². The van der Waals surface area contributed by atoms with Crippen LogP contribution >= 0.6 is 23.2 Å². The highest BCUT2D eigenvalue weighted by Crippen LogP contribution is 2.48. The molecule has 7 rings (SSSR count). The highest BCUT2D eigenvalue weighted by atomic mass is 35.5. The largest absolute Gasteiger partial charge is 0.496 e. The van der Waals surface area contributed by atoms with Crippen LogP contribution in [0.2, 0.25) is 10.0 Å². The third kappa shape index (κ3) is 7.19. The van der Waals surface area contributed by atoms with E-state index in [4.69, 9.17) is 37.7 Å². The average Bonchev–Trinajstić information content (AvgIpc) is 3.52. The van der Waals surface area contributed by atoms with Gasteiger partial charge in [0.1, 0.15) is 11.6 Å². The maximum atomic E-state index is 15.7. The second-order valence-corrected chi connectivity index (χ2v) is 14.7. The molecule has 2 amide bonds. The molecule has 272 valence electrons. The van der Waals surface area contributed by atoms with Gasteiger partial charge in [-0.3, -0.25) is 14.6 Å². The average molecular weight is 748 g/mol. The van der Waals surface area contributed by atoms with Crippen LogP contribution in [0.15, 0.2) is 54.7 Å². The Morgan fingerprint density at radius 2 is 1.81 bits per heavy atom. The Balaban J connectivity index is 1.07. The molecular formula is C39H41Cl2FN6O4. The number of carbonyl (C=O) groups excluding carboxylic acids is 2. The molecule has 3 N–H and O–H groups in total. The Kier molecular flexibility index (Phi) is 10.4. The van der Waals surface area contributed by atoms with Crippen molar-refractivity contribution in [3.05, 3.63) is 81.7 Å². The molecule has 1 unspecified atom stereocenters. The van der Waals surface area contributed by atoms with E-state index in [1.165, 1.54) is 13.2 Å². The third-order valence-electron chi connectivity index (χ3n) is 10.4. The van der Waals surface area contributed by atoms with Crippen LogP contribution in [-0.4, -0.2) is 72.6 Å². The second kappa shape index (κ2) is 15.0. The van der Waals surface area contributed by atoms with Crippen LogP contribution < -0.4 is 25.4 Å². The zero-order chi connectivity index (χ0) is 36.6. The van der Waals surface area contributed by atoms with Crippen LogP contribution in [0.3, 0.4) is 0 Å². The van der Waals surface area contributed by atoms with Crippen molar-refractivity contribution < 1.29 is 23.5 Å². The molecule has 0 radical (unpaired) electrons. The van der Waals surface area contributed by atoms with Gasteiger partial charge < -0.3 is 30.3 Å². The zero-order valence-corrected chi connectivity index (χ0v) is 30.8. The van der Waals surface area contributed by atoms with Crippen LogP contribution in [0.1, 0.15) is 43.7 Å². The molecule has 1 aliphatic carbocycles. The zero-order valence-electron chi connectivity index (χ0n) is 29.3. The normalized spacial score (nSPS) is 17.8. The summed E-state index contributed by atoms with van der Waals surface area (Å²) >= 11 is 14.1. The summed E-state index contributed by atoms with van der Waals surface area (Å²) in [6, 6.07) is 14.8. The van der Waals surface area contributed by atoms with E-state index < -0.39 is 5.82 Å². The Morgan fingerprint density at radius 3 is 2.52 bits per heavy atom. The Hall–Kier alpha value is -4.29. The smallest absolute Gasteiger partial charge is 0.220 e. The molecule has 0 bridgehead atoms. The van der Waals surface area contributed by atoms with Gasteiger partial charge in [-0.1, -0.05) is 47.5 Å². The Labute approximate surface area is 312 Å². The van der Waals surface area contributed by atoms with Crippen LogP contribution in [0.25, 0.3) is 33.6 Å². The molecule has 2 saturated heterocycles. The summed E-state index contributed by atoms with van der Waals surface area (Å²) in [6.07, 6.45) is 4.93. The van der Waals surface area contributed by atoms with Crippen molar-refractivity contribution in [2.75, 3.05) is 33.9 Å². The van der Waals surface area contributed by atoms with E-state index in [1.54, 1.807) is 32.4 Å². The first-order valence-corrected chi connectivity index (χ1v) is 18.2. The number of methoxy groups -OCH3 is 2.